The molecule has 1 heterocycles. The fraction of sp³-hybridized carbons (Fsp3) is 0.0952. The number of nitriles is 1. The van der Waals surface area contributed by atoms with Crippen molar-refractivity contribution in [1.29, 1.82) is 5.26 Å². The predicted molar refractivity (Wildman–Crippen MR) is 112 cm³/mol. The van der Waals surface area contributed by atoms with Gasteiger partial charge in [-0.25, -0.2) is 9.97 Å². The van der Waals surface area contributed by atoms with E-state index in [1.165, 1.54) is 11.8 Å². The molecule has 0 bridgehead atoms. The number of thioether (sulfide) groups is 1. The first kappa shape index (κ1) is 19.0. The number of nitrogens with one attached hydrogen (secondary N) is 1. The fourth-order valence-corrected chi connectivity index (χ4v) is 3.60. The maximum Gasteiger partial charge on any atom is 0.190 e. The van der Waals surface area contributed by atoms with Crippen molar-refractivity contribution in [2.75, 3.05) is 11.9 Å². The summed E-state index contributed by atoms with van der Waals surface area (Å²) in [5, 5.41) is 14.1. The number of rotatable bonds is 7. The van der Waals surface area contributed by atoms with Crippen molar-refractivity contribution in [2.45, 2.75) is 10.9 Å². The Morgan fingerprint density at radius 3 is 2.56 bits per heavy atom. The highest BCUT2D eigenvalue weighted by molar-refractivity contribution is 7.98. The second kappa shape index (κ2) is 9.22. The minimum Gasteiger partial charge on any atom is -0.365 e. The van der Waals surface area contributed by atoms with Gasteiger partial charge in [0.25, 0.3) is 0 Å². The van der Waals surface area contributed by atoms with Crippen molar-refractivity contribution in [2.24, 2.45) is 0 Å². The molecule has 0 aliphatic heterocycles. The highest BCUT2D eigenvalue weighted by atomic mass is 35.5. The lowest BCUT2D eigenvalue weighted by Crippen LogP contribution is -2.07. The lowest BCUT2D eigenvalue weighted by Gasteiger charge is -2.12. The van der Waals surface area contributed by atoms with Gasteiger partial charge in [-0.1, -0.05) is 78.0 Å². The van der Waals surface area contributed by atoms with E-state index in [-0.39, 0.29) is 0 Å². The highest BCUT2D eigenvalue weighted by Crippen LogP contribution is 2.31. The van der Waals surface area contributed by atoms with Crippen LogP contribution in [0, 0.1) is 11.3 Å². The summed E-state index contributed by atoms with van der Waals surface area (Å²) in [7, 11) is 0. The summed E-state index contributed by atoms with van der Waals surface area (Å²) in [6, 6.07) is 19.6. The molecule has 1 aromatic heterocycles. The molecule has 0 aliphatic carbocycles. The molecule has 0 saturated carbocycles. The molecule has 0 fully saturated rings. The van der Waals surface area contributed by atoms with E-state index in [4.69, 9.17) is 11.6 Å². The molecule has 27 heavy (non-hydrogen) atoms. The SMILES string of the molecule is C=CCNc1nc(SCc2ccccc2Cl)nc(-c2ccccc2)c1C#N. The van der Waals surface area contributed by atoms with E-state index in [0.717, 1.165) is 11.1 Å². The van der Waals surface area contributed by atoms with Gasteiger partial charge in [-0.15, -0.1) is 6.58 Å². The second-order valence-corrected chi connectivity index (χ2v) is 6.96. The van der Waals surface area contributed by atoms with E-state index in [9.17, 15) is 5.26 Å². The molecule has 4 nitrogen and oxygen atoms in total. The molecule has 134 valence electrons. The van der Waals surface area contributed by atoms with Crippen LogP contribution in [0.5, 0.6) is 0 Å². The number of benzene rings is 2. The van der Waals surface area contributed by atoms with E-state index >= 15 is 0 Å². The molecular formula is C21H17ClN4S. The number of nitrogens with zero attached hydrogens (tertiary/aromatic N) is 3. The molecule has 0 saturated heterocycles. The van der Waals surface area contributed by atoms with Gasteiger partial charge in [0.15, 0.2) is 5.16 Å². The molecule has 3 rings (SSSR count). The third kappa shape index (κ3) is 4.68. The Bertz CT molecular complexity index is 983. The number of hydrogen-bond acceptors (Lipinski definition) is 5. The Balaban J connectivity index is 1.99. The largest absolute Gasteiger partial charge is 0.365 e. The van der Waals surface area contributed by atoms with Gasteiger partial charge in [0, 0.05) is 22.9 Å². The van der Waals surface area contributed by atoms with Crippen LogP contribution in [0.1, 0.15) is 11.1 Å². The first-order valence-electron chi connectivity index (χ1n) is 8.31. The van der Waals surface area contributed by atoms with Crippen LogP contribution in [-0.2, 0) is 5.75 Å². The first-order chi connectivity index (χ1) is 13.2. The molecule has 3 aromatic rings. The Morgan fingerprint density at radius 2 is 1.85 bits per heavy atom. The Kier molecular flexibility index (Phi) is 6.48. The van der Waals surface area contributed by atoms with Crippen molar-refractivity contribution >= 4 is 29.2 Å². The number of hydrogen-bond donors (Lipinski definition) is 1. The van der Waals surface area contributed by atoms with Crippen LogP contribution in [0.25, 0.3) is 11.3 Å². The predicted octanol–water partition coefficient (Wildman–Crippen LogP) is 5.56. The number of halogens is 1. The summed E-state index contributed by atoms with van der Waals surface area (Å²) in [6.45, 7) is 4.22. The third-order valence-corrected chi connectivity index (χ3v) is 5.04. The van der Waals surface area contributed by atoms with Crippen molar-refractivity contribution in [3.63, 3.8) is 0 Å². The average molecular weight is 393 g/mol. The summed E-state index contributed by atoms with van der Waals surface area (Å²) >= 11 is 7.73. The topological polar surface area (TPSA) is 61.6 Å². The Morgan fingerprint density at radius 1 is 1.11 bits per heavy atom. The van der Waals surface area contributed by atoms with Crippen molar-refractivity contribution in [1.82, 2.24) is 9.97 Å². The normalized spacial score (nSPS) is 10.2. The zero-order chi connectivity index (χ0) is 19.1. The van der Waals surface area contributed by atoms with Gasteiger partial charge in [0.1, 0.15) is 17.5 Å². The second-order valence-electron chi connectivity index (χ2n) is 5.61. The van der Waals surface area contributed by atoms with Gasteiger partial charge in [-0.2, -0.15) is 5.26 Å². The Labute approximate surface area is 167 Å². The maximum absolute atomic E-state index is 9.68. The van der Waals surface area contributed by atoms with E-state index in [0.29, 0.717) is 39.6 Å². The van der Waals surface area contributed by atoms with E-state index in [2.05, 4.69) is 27.9 Å². The Hall–Kier alpha value is -2.81. The molecule has 0 aliphatic rings. The summed E-state index contributed by atoms with van der Waals surface area (Å²) in [5.74, 6) is 1.15. The van der Waals surface area contributed by atoms with Crippen LogP contribution in [0.15, 0.2) is 72.4 Å². The lowest BCUT2D eigenvalue weighted by molar-refractivity contribution is 0.963. The van der Waals surface area contributed by atoms with Gasteiger partial charge in [0.05, 0.1) is 5.69 Å². The molecule has 2 aromatic carbocycles. The molecule has 0 amide bonds. The standard InChI is InChI=1S/C21H17ClN4S/c1-2-12-24-20-17(13-23)19(15-8-4-3-5-9-15)25-21(26-20)27-14-16-10-6-7-11-18(16)22/h2-11H,1,12,14H2,(H,24,25,26). The summed E-state index contributed by atoms with van der Waals surface area (Å²) in [5.41, 5.74) is 2.92. The molecular weight excluding hydrogens is 376 g/mol. The maximum atomic E-state index is 9.68. The summed E-state index contributed by atoms with van der Waals surface area (Å²) < 4.78 is 0. The van der Waals surface area contributed by atoms with Gasteiger partial charge < -0.3 is 5.32 Å². The van der Waals surface area contributed by atoms with E-state index in [1.807, 2.05) is 54.6 Å². The zero-order valence-corrected chi connectivity index (χ0v) is 16.1. The van der Waals surface area contributed by atoms with Crippen molar-refractivity contribution in [3.8, 4) is 17.3 Å². The summed E-state index contributed by atoms with van der Waals surface area (Å²) in [4.78, 5) is 9.19. The lowest BCUT2D eigenvalue weighted by atomic mass is 10.1. The molecule has 1 N–H and O–H groups in total. The zero-order valence-electron chi connectivity index (χ0n) is 14.5. The first-order valence-corrected chi connectivity index (χ1v) is 9.68. The molecule has 0 spiro atoms. The van der Waals surface area contributed by atoms with Crippen LogP contribution in [0.3, 0.4) is 0 Å². The van der Waals surface area contributed by atoms with Crippen LogP contribution in [0.4, 0.5) is 5.82 Å². The molecule has 6 heteroatoms. The van der Waals surface area contributed by atoms with Gasteiger partial charge >= 0.3 is 0 Å². The quantitative estimate of drug-likeness (QED) is 0.324. The van der Waals surface area contributed by atoms with Crippen LogP contribution >= 0.6 is 23.4 Å². The number of aromatic nitrogens is 2. The molecule has 0 unspecified atom stereocenters. The van der Waals surface area contributed by atoms with Gasteiger partial charge in [0.2, 0.25) is 0 Å². The van der Waals surface area contributed by atoms with E-state index < -0.39 is 0 Å². The number of anilines is 1. The minimum atomic E-state index is 0.421. The van der Waals surface area contributed by atoms with E-state index in [1.54, 1.807) is 6.08 Å². The highest BCUT2D eigenvalue weighted by Gasteiger charge is 2.16. The van der Waals surface area contributed by atoms with Crippen LogP contribution in [0.2, 0.25) is 5.02 Å². The average Bonchev–Trinajstić information content (AvgIpc) is 2.71. The third-order valence-electron chi connectivity index (χ3n) is 3.78. The van der Waals surface area contributed by atoms with Gasteiger partial charge in [-0.05, 0) is 11.6 Å². The monoisotopic (exact) mass is 392 g/mol. The van der Waals surface area contributed by atoms with Gasteiger partial charge in [-0.3, -0.25) is 0 Å². The molecule has 0 radical (unpaired) electrons. The molecule has 0 atom stereocenters. The van der Waals surface area contributed by atoms with Crippen LogP contribution < -0.4 is 5.32 Å². The fourth-order valence-electron chi connectivity index (χ4n) is 2.47. The summed E-state index contributed by atoms with van der Waals surface area (Å²) in [6.07, 6.45) is 1.72. The smallest absolute Gasteiger partial charge is 0.190 e. The van der Waals surface area contributed by atoms with Crippen molar-refractivity contribution < 1.29 is 0 Å². The van der Waals surface area contributed by atoms with Crippen molar-refractivity contribution in [3.05, 3.63) is 83.4 Å². The minimum absolute atomic E-state index is 0.421. The van der Waals surface area contributed by atoms with Crippen LogP contribution in [-0.4, -0.2) is 16.5 Å².